The molecule has 0 amide bonds. The summed E-state index contributed by atoms with van der Waals surface area (Å²) in [5.41, 5.74) is -1.35. The Kier molecular flexibility index (Phi) is 7.81. The van der Waals surface area contributed by atoms with Crippen molar-refractivity contribution in [3.05, 3.63) is 0 Å². The average Bonchev–Trinajstić information content (AvgIpc) is 2.88. The maximum absolute atomic E-state index is 10.4. The van der Waals surface area contributed by atoms with E-state index in [-0.39, 0.29) is 0 Å². The Morgan fingerprint density at radius 2 is 1.08 bits per heavy atom. The van der Waals surface area contributed by atoms with E-state index in [1.807, 2.05) is 0 Å². The Hall–Kier alpha value is -1.03. The zero-order valence-electron chi connectivity index (χ0n) is 20.9. The van der Waals surface area contributed by atoms with Gasteiger partial charge in [0, 0.05) is 12.8 Å². The number of nitrogens with zero attached hydrogens (tertiary/aromatic N) is 1. The third kappa shape index (κ3) is 4.47. The highest BCUT2D eigenvalue weighted by Crippen LogP contribution is 2.67. The number of hydrogen-bond acceptors (Lipinski definition) is 11. The van der Waals surface area contributed by atoms with Crippen LogP contribution in [-0.4, -0.2) is 136 Å². The fourth-order valence-corrected chi connectivity index (χ4v) is 7.62. The first-order valence-corrected chi connectivity index (χ1v) is 13.5. The molecule has 0 aliphatic carbocycles. The van der Waals surface area contributed by atoms with Crippen LogP contribution in [0.4, 0.5) is 0 Å². The highest BCUT2D eigenvalue weighted by molar-refractivity contribution is 6.25. The first-order chi connectivity index (χ1) is 18.0. The van der Waals surface area contributed by atoms with Gasteiger partial charge in [0.05, 0.1) is 24.3 Å². The van der Waals surface area contributed by atoms with Gasteiger partial charge in [-0.15, -0.1) is 11.6 Å². The number of ether oxygens (including phenoxy) is 2. The number of rotatable bonds is 2. The van der Waals surface area contributed by atoms with E-state index in [4.69, 9.17) is 21.1 Å². The van der Waals surface area contributed by atoms with Crippen LogP contribution in [0.2, 0.25) is 0 Å². The number of aliphatic hydroxyl groups excluding tert-OH is 8. The molecule has 0 saturated carbocycles. The van der Waals surface area contributed by atoms with Gasteiger partial charge in [-0.1, -0.05) is 42.9 Å². The maximum atomic E-state index is 10.4. The van der Waals surface area contributed by atoms with E-state index < -0.39 is 90.3 Å². The predicted octanol–water partition coefficient (Wildman–Crippen LogP) is -2.84. The minimum absolute atomic E-state index is 0.540. The molecule has 5 aliphatic rings. The van der Waals surface area contributed by atoms with Gasteiger partial charge < -0.3 is 50.3 Å². The van der Waals surface area contributed by atoms with Gasteiger partial charge in [-0.3, -0.25) is 4.90 Å². The summed E-state index contributed by atoms with van der Waals surface area (Å²) in [7, 11) is 0. The molecule has 11 nitrogen and oxygen atoms in total. The van der Waals surface area contributed by atoms with Gasteiger partial charge >= 0.3 is 0 Å². The summed E-state index contributed by atoms with van der Waals surface area (Å²) >= 11 is 6.94. The molecule has 38 heavy (non-hydrogen) atoms. The molecule has 0 aromatic rings. The standard InChI is InChI=1S/C26H36ClNO10/c27-26-12-24(8-4-14-18(31)22(35)20(33)16(10-29)37-14)6-2-1-3-7-25(13-26,28(24)26)9-5-15-19(32)23(36)21(34)17(11-30)38-15/h14-23,29-36H,1-3,6-7,10-13H2/t14-,15-,16-,17-,18-,19-,20-,21-,22-,23-,24?,25?,26?/m1/s1. The van der Waals surface area contributed by atoms with Crippen LogP contribution in [0, 0.1) is 23.7 Å². The van der Waals surface area contributed by atoms with Crippen LogP contribution >= 0.6 is 11.6 Å². The molecule has 2 unspecified atom stereocenters. The lowest BCUT2D eigenvalue weighted by atomic mass is 9.57. The van der Waals surface area contributed by atoms with E-state index in [2.05, 4.69) is 28.6 Å². The molecule has 5 aliphatic heterocycles. The molecule has 12 heteroatoms. The van der Waals surface area contributed by atoms with Gasteiger partial charge in [-0.25, -0.2) is 0 Å². The van der Waals surface area contributed by atoms with Gasteiger partial charge in [-0.2, -0.15) is 0 Å². The molecule has 0 aromatic heterocycles. The molecular weight excluding hydrogens is 522 g/mol. The summed E-state index contributed by atoms with van der Waals surface area (Å²) in [5.74, 6) is 12.4. The van der Waals surface area contributed by atoms with Gasteiger partial charge in [0.25, 0.3) is 0 Å². The van der Waals surface area contributed by atoms with Crippen molar-refractivity contribution in [1.82, 2.24) is 4.90 Å². The molecule has 5 rings (SSSR count). The Morgan fingerprint density at radius 1 is 0.658 bits per heavy atom. The third-order valence-electron chi connectivity index (χ3n) is 8.74. The van der Waals surface area contributed by atoms with E-state index in [1.165, 1.54) is 0 Å². The Bertz CT molecular complexity index is 947. The number of alkyl halides is 1. The molecule has 0 radical (unpaired) electrons. The van der Waals surface area contributed by atoms with Crippen LogP contribution in [0.1, 0.15) is 44.9 Å². The lowest BCUT2D eigenvalue weighted by Crippen LogP contribution is -2.87. The van der Waals surface area contributed by atoms with Crippen LogP contribution in [0.5, 0.6) is 0 Å². The largest absolute Gasteiger partial charge is 0.394 e. The lowest BCUT2D eigenvalue weighted by Gasteiger charge is -2.76. The van der Waals surface area contributed by atoms with Crippen molar-refractivity contribution < 1.29 is 50.3 Å². The summed E-state index contributed by atoms with van der Waals surface area (Å²) < 4.78 is 11.2. The van der Waals surface area contributed by atoms with Crippen molar-refractivity contribution in [1.29, 1.82) is 0 Å². The van der Waals surface area contributed by atoms with Crippen LogP contribution in [0.25, 0.3) is 0 Å². The van der Waals surface area contributed by atoms with E-state index in [1.54, 1.807) is 0 Å². The van der Waals surface area contributed by atoms with Crippen molar-refractivity contribution >= 4 is 11.6 Å². The smallest absolute Gasteiger partial charge is 0.147 e. The summed E-state index contributed by atoms with van der Waals surface area (Å²) in [6.45, 7) is -1.08. The zero-order chi connectivity index (χ0) is 27.5. The molecule has 5 heterocycles. The van der Waals surface area contributed by atoms with Crippen molar-refractivity contribution in [2.24, 2.45) is 0 Å². The summed E-state index contributed by atoms with van der Waals surface area (Å²) in [5, 5.41) is 80.3. The monoisotopic (exact) mass is 557 g/mol. The Morgan fingerprint density at radius 3 is 1.45 bits per heavy atom. The van der Waals surface area contributed by atoms with Crippen molar-refractivity contribution in [3.63, 3.8) is 0 Å². The highest BCUT2D eigenvalue weighted by atomic mass is 35.5. The number of piperidine rings is 1. The zero-order valence-corrected chi connectivity index (χ0v) is 21.6. The van der Waals surface area contributed by atoms with Gasteiger partial charge in [0.2, 0.25) is 0 Å². The van der Waals surface area contributed by atoms with E-state index in [0.29, 0.717) is 25.7 Å². The van der Waals surface area contributed by atoms with Crippen molar-refractivity contribution in [3.8, 4) is 23.7 Å². The first-order valence-electron chi connectivity index (χ1n) is 13.2. The molecule has 12 atom stereocenters. The van der Waals surface area contributed by atoms with Crippen LogP contribution in [-0.2, 0) is 9.47 Å². The Labute approximate surface area is 225 Å². The fraction of sp³-hybridized carbons (Fsp3) is 0.846. The van der Waals surface area contributed by atoms with Gasteiger partial charge in [0.15, 0.2) is 0 Å². The first kappa shape index (κ1) is 28.5. The second-order valence-corrected chi connectivity index (χ2v) is 12.0. The maximum Gasteiger partial charge on any atom is 0.147 e. The number of halogens is 1. The van der Waals surface area contributed by atoms with E-state index >= 15 is 0 Å². The topological polar surface area (TPSA) is 184 Å². The molecular formula is C26H36ClNO10. The predicted molar refractivity (Wildman–Crippen MR) is 131 cm³/mol. The minimum Gasteiger partial charge on any atom is -0.394 e. The summed E-state index contributed by atoms with van der Waals surface area (Å²) in [6.07, 6.45) is -8.02. The SMILES string of the molecule is OC[C@H]1O[C@H](C#CC23CCCCCC4(C#C[C@H]5O[C@H](CO)[C@@H](O)[C@H](O)[C@@H]5O)CC(Cl)(C2)N34)[C@@H](O)[C@@H](O)[C@@H]1O. The minimum atomic E-state index is -1.52. The molecule has 0 aromatic carbocycles. The lowest BCUT2D eigenvalue weighted by molar-refractivity contribution is -0.225. The van der Waals surface area contributed by atoms with Crippen molar-refractivity contribution in [2.75, 3.05) is 13.2 Å². The molecule has 0 spiro atoms. The molecule has 212 valence electrons. The highest BCUT2D eigenvalue weighted by Gasteiger charge is 2.75. The normalized spacial score (nSPS) is 52.4. The van der Waals surface area contributed by atoms with Crippen molar-refractivity contribution in [2.45, 2.75) is 122 Å². The summed E-state index contributed by atoms with van der Waals surface area (Å²) in [6, 6.07) is 0. The average molecular weight is 558 g/mol. The number of aliphatic hydroxyl groups is 8. The van der Waals surface area contributed by atoms with E-state index in [0.717, 1.165) is 19.3 Å². The Balaban J connectivity index is 1.42. The van der Waals surface area contributed by atoms with Crippen LogP contribution < -0.4 is 0 Å². The van der Waals surface area contributed by atoms with Gasteiger partial charge in [0.1, 0.15) is 66.0 Å². The molecule has 5 saturated heterocycles. The molecule has 8 N–H and O–H groups in total. The molecule has 0 bridgehead atoms. The summed E-state index contributed by atoms with van der Waals surface area (Å²) in [4.78, 5) is 1.41. The van der Waals surface area contributed by atoms with Gasteiger partial charge in [-0.05, 0) is 12.8 Å². The van der Waals surface area contributed by atoms with Crippen LogP contribution in [0.3, 0.4) is 0 Å². The molecule has 5 fully saturated rings. The van der Waals surface area contributed by atoms with Crippen LogP contribution in [0.15, 0.2) is 0 Å². The second-order valence-electron chi connectivity index (χ2n) is 11.3. The fourth-order valence-electron chi connectivity index (χ4n) is 6.86. The quantitative estimate of drug-likeness (QED) is 0.0994. The second kappa shape index (κ2) is 10.4. The third-order valence-corrected chi connectivity index (χ3v) is 9.18. The number of hydrogen-bond donors (Lipinski definition) is 8. The van der Waals surface area contributed by atoms with E-state index in [9.17, 15) is 40.9 Å².